The first-order chi connectivity index (χ1) is 4.79. The van der Waals surface area contributed by atoms with Crippen LogP contribution in [0.4, 0.5) is 0 Å². The zero-order valence-electron chi connectivity index (χ0n) is 6.89. The molecule has 0 amide bonds. The molecule has 60 valence electrons. The van der Waals surface area contributed by atoms with Crippen molar-refractivity contribution in [2.24, 2.45) is 11.8 Å². The van der Waals surface area contributed by atoms with E-state index in [0.29, 0.717) is 5.92 Å². The zero-order valence-corrected chi connectivity index (χ0v) is 6.89. The summed E-state index contributed by atoms with van der Waals surface area (Å²) in [6, 6.07) is 0. The van der Waals surface area contributed by atoms with Crippen LogP contribution in [0.2, 0.25) is 0 Å². The largest absolute Gasteiger partial charge is 0.381 e. The third-order valence-corrected chi connectivity index (χ3v) is 1.67. The summed E-state index contributed by atoms with van der Waals surface area (Å²) in [6.45, 7) is 8.52. The summed E-state index contributed by atoms with van der Waals surface area (Å²) in [5.74, 6) is 1.46. The van der Waals surface area contributed by atoms with Crippen LogP contribution in [-0.4, -0.2) is 26.3 Å². The minimum absolute atomic E-state index is 0.674. The number of rotatable bonds is 4. The fourth-order valence-electron chi connectivity index (χ4n) is 0.937. The molecule has 0 aromatic rings. The predicted molar refractivity (Wildman–Crippen MR) is 42.0 cm³/mol. The molecule has 0 aliphatic carbocycles. The van der Waals surface area contributed by atoms with Gasteiger partial charge in [-0.15, -0.1) is 0 Å². The SMILES string of the molecule is CC(C)COCC1CNC1. The van der Waals surface area contributed by atoms with Crippen LogP contribution < -0.4 is 5.32 Å². The van der Waals surface area contributed by atoms with Crippen LogP contribution in [0.15, 0.2) is 0 Å². The van der Waals surface area contributed by atoms with Crippen LogP contribution in [-0.2, 0) is 4.74 Å². The molecule has 2 heteroatoms. The molecule has 2 nitrogen and oxygen atoms in total. The molecule has 0 aromatic carbocycles. The smallest absolute Gasteiger partial charge is 0.0518 e. The van der Waals surface area contributed by atoms with Gasteiger partial charge in [0.05, 0.1) is 6.61 Å². The lowest BCUT2D eigenvalue weighted by molar-refractivity contribution is 0.0632. The van der Waals surface area contributed by atoms with Gasteiger partial charge in [-0.05, 0) is 5.92 Å². The van der Waals surface area contributed by atoms with Gasteiger partial charge in [0.1, 0.15) is 0 Å². The molecule has 0 atom stereocenters. The highest BCUT2D eigenvalue weighted by molar-refractivity contribution is 4.73. The third kappa shape index (κ3) is 2.67. The molecule has 10 heavy (non-hydrogen) atoms. The zero-order chi connectivity index (χ0) is 7.40. The maximum absolute atomic E-state index is 5.46. The normalized spacial score (nSPS) is 19.5. The molecular weight excluding hydrogens is 126 g/mol. The molecule has 0 aromatic heterocycles. The van der Waals surface area contributed by atoms with Crippen molar-refractivity contribution in [3.05, 3.63) is 0 Å². The Labute approximate surface area is 63.0 Å². The second-order valence-corrected chi connectivity index (χ2v) is 3.46. The van der Waals surface area contributed by atoms with Crippen molar-refractivity contribution in [3.8, 4) is 0 Å². The molecule has 0 spiro atoms. The van der Waals surface area contributed by atoms with E-state index in [1.54, 1.807) is 0 Å². The minimum Gasteiger partial charge on any atom is -0.381 e. The van der Waals surface area contributed by atoms with Crippen LogP contribution in [0.5, 0.6) is 0 Å². The van der Waals surface area contributed by atoms with Crippen LogP contribution >= 0.6 is 0 Å². The first-order valence-corrected chi connectivity index (χ1v) is 4.07. The highest BCUT2D eigenvalue weighted by Gasteiger charge is 2.16. The van der Waals surface area contributed by atoms with Crippen molar-refractivity contribution in [3.63, 3.8) is 0 Å². The van der Waals surface area contributed by atoms with Gasteiger partial charge in [0.2, 0.25) is 0 Å². The number of hydrogen-bond acceptors (Lipinski definition) is 2. The third-order valence-electron chi connectivity index (χ3n) is 1.67. The Morgan fingerprint density at radius 3 is 2.60 bits per heavy atom. The monoisotopic (exact) mass is 143 g/mol. The first-order valence-electron chi connectivity index (χ1n) is 4.07. The van der Waals surface area contributed by atoms with E-state index in [-0.39, 0.29) is 0 Å². The maximum Gasteiger partial charge on any atom is 0.0518 e. The molecular formula is C8H17NO. The van der Waals surface area contributed by atoms with Gasteiger partial charge < -0.3 is 10.1 Å². The fraction of sp³-hybridized carbons (Fsp3) is 1.00. The van der Waals surface area contributed by atoms with Crippen LogP contribution in [0.3, 0.4) is 0 Å². The van der Waals surface area contributed by atoms with E-state index in [1.807, 2.05) is 0 Å². The van der Waals surface area contributed by atoms with Gasteiger partial charge in [0, 0.05) is 25.6 Å². The van der Waals surface area contributed by atoms with E-state index in [0.717, 1.165) is 32.2 Å². The van der Waals surface area contributed by atoms with Crippen LogP contribution in [0.1, 0.15) is 13.8 Å². The highest BCUT2D eigenvalue weighted by Crippen LogP contribution is 2.03. The molecule has 1 heterocycles. The van der Waals surface area contributed by atoms with Crippen molar-refractivity contribution in [1.29, 1.82) is 0 Å². The second-order valence-electron chi connectivity index (χ2n) is 3.46. The van der Waals surface area contributed by atoms with Gasteiger partial charge in [0.25, 0.3) is 0 Å². The maximum atomic E-state index is 5.46. The molecule has 0 saturated carbocycles. The first kappa shape index (κ1) is 8.02. The molecule has 0 radical (unpaired) electrons. The summed E-state index contributed by atoms with van der Waals surface area (Å²) in [4.78, 5) is 0. The molecule has 1 rings (SSSR count). The summed E-state index contributed by atoms with van der Waals surface area (Å²) in [5.41, 5.74) is 0. The van der Waals surface area contributed by atoms with Gasteiger partial charge in [-0.1, -0.05) is 13.8 Å². The van der Waals surface area contributed by atoms with Crippen molar-refractivity contribution in [2.75, 3.05) is 26.3 Å². The van der Waals surface area contributed by atoms with Gasteiger partial charge in [-0.3, -0.25) is 0 Å². The Bertz CT molecular complexity index is 89.3. The Hall–Kier alpha value is -0.0800. The van der Waals surface area contributed by atoms with Gasteiger partial charge in [-0.2, -0.15) is 0 Å². The average Bonchev–Trinajstić information content (AvgIpc) is 1.75. The molecule has 0 bridgehead atoms. The second kappa shape index (κ2) is 3.94. The van der Waals surface area contributed by atoms with E-state index in [1.165, 1.54) is 0 Å². The number of hydrogen-bond donors (Lipinski definition) is 1. The molecule has 1 aliphatic heterocycles. The summed E-state index contributed by atoms with van der Waals surface area (Å²) < 4.78 is 5.46. The van der Waals surface area contributed by atoms with Gasteiger partial charge >= 0.3 is 0 Å². The summed E-state index contributed by atoms with van der Waals surface area (Å²) in [5, 5.41) is 3.22. The van der Waals surface area contributed by atoms with Crippen LogP contribution in [0, 0.1) is 11.8 Å². The molecule has 0 unspecified atom stereocenters. The quantitative estimate of drug-likeness (QED) is 0.630. The van der Waals surface area contributed by atoms with Gasteiger partial charge in [-0.25, -0.2) is 0 Å². The Kier molecular flexibility index (Phi) is 3.16. The average molecular weight is 143 g/mol. The topological polar surface area (TPSA) is 21.3 Å². The van der Waals surface area contributed by atoms with E-state index in [9.17, 15) is 0 Å². The van der Waals surface area contributed by atoms with Crippen molar-refractivity contribution >= 4 is 0 Å². The van der Waals surface area contributed by atoms with E-state index < -0.39 is 0 Å². The molecule has 1 N–H and O–H groups in total. The lowest BCUT2D eigenvalue weighted by atomic mass is 10.1. The Morgan fingerprint density at radius 1 is 1.50 bits per heavy atom. The minimum atomic E-state index is 0.674. The molecule has 1 fully saturated rings. The van der Waals surface area contributed by atoms with E-state index >= 15 is 0 Å². The van der Waals surface area contributed by atoms with Crippen molar-refractivity contribution < 1.29 is 4.74 Å². The summed E-state index contributed by atoms with van der Waals surface area (Å²) in [7, 11) is 0. The van der Waals surface area contributed by atoms with Crippen LogP contribution in [0.25, 0.3) is 0 Å². The number of nitrogens with one attached hydrogen (secondary N) is 1. The van der Waals surface area contributed by atoms with Crippen molar-refractivity contribution in [2.45, 2.75) is 13.8 Å². The lowest BCUT2D eigenvalue weighted by Gasteiger charge is -2.26. The Morgan fingerprint density at radius 2 is 2.20 bits per heavy atom. The number of ether oxygens (including phenoxy) is 1. The lowest BCUT2D eigenvalue weighted by Crippen LogP contribution is -2.44. The van der Waals surface area contributed by atoms with E-state index in [4.69, 9.17) is 4.74 Å². The fourth-order valence-corrected chi connectivity index (χ4v) is 0.937. The molecule has 1 saturated heterocycles. The van der Waals surface area contributed by atoms with E-state index in [2.05, 4.69) is 19.2 Å². The van der Waals surface area contributed by atoms with Crippen molar-refractivity contribution in [1.82, 2.24) is 5.32 Å². The predicted octanol–water partition coefficient (Wildman–Crippen LogP) is 0.878. The highest BCUT2D eigenvalue weighted by atomic mass is 16.5. The standard InChI is InChI=1S/C8H17NO/c1-7(2)5-10-6-8-3-9-4-8/h7-9H,3-6H2,1-2H3. The Balaban J connectivity index is 1.85. The molecule has 1 aliphatic rings. The summed E-state index contributed by atoms with van der Waals surface area (Å²) >= 11 is 0. The summed E-state index contributed by atoms with van der Waals surface area (Å²) in [6.07, 6.45) is 0. The van der Waals surface area contributed by atoms with Gasteiger partial charge in [0.15, 0.2) is 0 Å².